The summed E-state index contributed by atoms with van der Waals surface area (Å²) in [5.41, 5.74) is 5.81. The van der Waals surface area contributed by atoms with Crippen LogP contribution in [-0.4, -0.2) is 21.8 Å². The molecule has 0 fully saturated rings. The van der Waals surface area contributed by atoms with Crippen LogP contribution in [0.25, 0.3) is 11.4 Å². The van der Waals surface area contributed by atoms with E-state index in [9.17, 15) is 0 Å². The summed E-state index contributed by atoms with van der Waals surface area (Å²) in [6.07, 6.45) is 7.17. The average Bonchev–Trinajstić information content (AvgIpc) is 3.23. The molecule has 2 aromatic rings. The second-order valence-electron chi connectivity index (χ2n) is 6.70. The molecule has 0 spiro atoms. The van der Waals surface area contributed by atoms with E-state index in [0.29, 0.717) is 0 Å². The Bertz CT molecular complexity index is 887. The zero-order valence-electron chi connectivity index (χ0n) is 15.5. The summed E-state index contributed by atoms with van der Waals surface area (Å²) in [6, 6.07) is 6.37. The predicted molar refractivity (Wildman–Crippen MR) is 105 cm³/mol. The Morgan fingerprint density at radius 1 is 1.28 bits per heavy atom. The Morgan fingerprint density at radius 3 is 2.84 bits per heavy atom. The molecule has 0 saturated heterocycles. The standard InChI is InChI=1S/C22H25N3/c1-5-11-25-12-10-23-22(25)20-14-19(8-6-17(20)3)9-7-18(4)21-13-16(2)15-24-21/h6,8,10,12-14,18H,5,11,15H2,1-4H3. The second-order valence-corrected chi connectivity index (χ2v) is 6.70. The number of aryl methyl sites for hydroxylation is 2. The number of aromatic nitrogens is 2. The van der Waals surface area contributed by atoms with Crippen LogP contribution in [0.1, 0.15) is 38.3 Å². The van der Waals surface area contributed by atoms with Crippen LogP contribution in [0.15, 0.2) is 47.2 Å². The number of hydrogen-bond acceptors (Lipinski definition) is 2. The van der Waals surface area contributed by atoms with Gasteiger partial charge in [0.25, 0.3) is 0 Å². The zero-order valence-corrected chi connectivity index (χ0v) is 15.5. The van der Waals surface area contributed by atoms with Gasteiger partial charge in [-0.15, -0.1) is 0 Å². The summed E-state index contributed by atoms with van der Waals surface area (Å²) in [5, 5.41) is 0. The molecule has 0 bridgehead atoms. The maximum absolute atomic E-state index is 4.56. The molecule has 2 heterocycles. The van der Waals surface area contributed by atoms with Crippen LogP contribution in [0, 0.1) is 24.7 Å². The number of aliphatic imine (C=N–C) groups is 1. The normalized spacial score (nSPS) is 14.6. The first kappa shape index (κ1) is 17.2. The van der Waals surface area contributed by atoms with Crippen molar-refractivity contribution in [3.05, 3.63) is 53.4 Å². The lowest BCUT2D eigenvalue weighted by Crippen LogP contribution is -2.03. The lowest BCUT2D eigenvalue weighted by Gasteiger charge is -2.09. The minimum Gasteiger partial charge on any atom is -0.331 e. The molecule has 3 heteroatoms. The van der Waals surface area contributed by atoms with Crippen LogP contribution in [-0.2, 0) is 6.54 Å². The van der Waals surface area contributed by atoms with Gasteiger partial charge in [0.15, 0.2) is 0 Å². The molecule has 1 aliphatic rings. The molecule has 0 saturated carbocycles. The van der Waals surface area contributed by atoms with Crippen LogP contribution in [0.5, 0.6) is 0 Å². The van der Waals surface area contributed by atoms with Crippen LogP contribution in [0.3, 0.4) is 0 Å². The SMILES string of the molecule is CCCn1ccnc1-c1cc(C#CC(C)C2=NCC(C)=C2)ccc1C. The quantitative estimate of drug-likeness (QED) is 0.750. The van der Waals surface area contributed by atoms with Gasteiger partial charge >= 0.3 is 0 Å². The molecule has 0 N–H and O–H groups in total. The number of benzene rings is 1. The van der Waals surface area contributed by atoms with Crippen LogP contribution >= 0.6 is 0 Å². The van der Waals surface area contributed by atoms with Gasteiger partial charge in [-0.3, -0.25) is 4.99 Å². The van der Waals surface area contributed by atoms with Crippen molar-refractivity contribution < 1.29 is 0 Å². The summed E-state index contributed by atoms with van der Waals surface area (Å²) < 4.78 is 2.21. The van der Waals surface area contributed by atoms with Crippen LogP contribution < -0.4 is 0 Å². The van der Waals surface area contributed by atoms with Crippen molar-refractivity contribution in [2.45, 2.75) is 40.7 Å². The van der Waals surface area contributed by atoms with Gasteiger partial charge in [-0.25, -0.2) is 4.98 Å². The molecule has 1 unspecified atom stereocenters. The molecule has 1 aromatic carbocycles. The number of imidazole rings is 1. The summed E-state index contributed by atoms with van der Waals surface area (Å²) >= 11 is 0. The highest BCUT2D eigenvalue weighted by molar-refractivity contribution is 6.00. The Kier molecular flexibility index (Phi) is 5.19. The average molecular weight is 331 g/mol. The molecule has 1 atom stereocenters. The largest absolute Gasteiger partial charge is 0.331 e. The smallest absolute Gasteiger partial charge is 0.140 e. The van der Waals surface area contributed by atoms with Gasteiger partial charge in [0.1, 0.15) is 5.82 Å². The maximum Gasteiger partial charge on any atom is 0.140 e. The topological polar surface area (TPSA) is 30.2 Å². The van der Waals surface area contributed by atoms with E-state index in [1.54, 1.807) is 0 Å². The first-order valence-electron chi connectivity index (χ1n) is 8.93. The zero-order chi connectivity index (χ0) is 17.8. The lowest BCUT2D eigenvalue weighted by molar-refractivity contribution is 0.685. The number of nitrogens with zero attached hydrogens (tertiary/aromatic N) is 3. The van der Waals surface area contributed by atoms with Gasteiger partial charge in [0, 0.05) is 35.8 Å². The fourth-order valence-corrected chi connectivity index (χ4v) is 3.00. The third-order valence-corrected chi connectivity index (χ3v) is 4.44. The second kappa shape index (κ2) is 7.53. The van der Waals surface area contributed by atoms with E-state index in [0.717, 1.165) is 42.2 Å². The van der Waals surface area contributed by atoms with Gasteiger partial charge < -0.3 is 4.57 Å². The molecule has 1 aliphatic heterocycles. The highest BCUT2D eigenvalue weighted by Gasteiger charge is 2.11. The fraction of sp³-hybridized carbons (Fsp3) is 0.364. The third kappa shape index (κ3) is 3.91. The van der Waals surface area contributed by atoms with Crippen LogP contribution in [0.2, 0.25) is 0 Å². The van der Waals surface area contributed by atoms with E-state index in [2.05, 4.69) is 78.4 Å². The monoisotopic (exact) mass is 331 g/mol. The highest BCUT2D eigenvalue weighted by Crippen LogP contribution is 2.23. The third-order valence-electron chi connectivity index (χ3n) is 4.44. The molecule has 0 aliphatic carbocycles. The minimum absolute atomic E-state index is 0.157. The van der Waals surface area contributed by atoms with Crippen LogP contribution in [0.4, 0.5) is 0 Å². The van der Waals surface area contributed by atoms with Gasteiger partial charge in [0.05, 0.1) is 12.5 Å². The number of hydrogen-bond donors (Lipinski definition) is 0. The summed E-state index contributed by atoms with van der Waals surface area (Å²) in [5.74, 6) is 7.84. The van der Waals surface area contributed by atoms with E-state index in [1.165, 1.54) is 11.1 Å². The molecule has 0 radical (unpaired) electrons. The molecular weight excluding hydrogens is 306 g/mol. The summed E-state index contributed by atoms with van der Waals surface area (Å²) in [7, 11) is 0. The molecule has 128 valence electrons. The molecule has 3 nitrogen and oxygen atoms in total. The summed E-state index contributed by atoms with van der Waals surface area (Å²) in [6.45, 7) is 10.3. The van der Waals surface area contributed by atoms with Crippen molar-refractivity contribution in [1.29, 1.82) is 0 Å². The first-order valence-corrected chi connectivity index (χ1v) is 8.93. The van der Waals surface area contributed by atoms with Gasteiger partial charge in [-0.1, -0.05) is 30.4 Å². The van der Waals surface area contributed by atoms with Crippen molar-refractivity contribution in [3.63, 3.8) is 0 Å². The molecule has 1 aromatic heterocycles. The lowest BCUT2D eigenvalue weighted by atomic mass is 10.0. The van der Waals surface area contributed by atoms with E-state index in [4.69, 9.17) is 0 Å². The minimum atomic E-state index is 0.157. The Balaban J connectivity index is 1.88. The highest BCUT2D eigenvalue weighted by atomic mass is 15.1. The van der Waals surface area contributed by atoms with Crippen molar-refractivity contribution in [2.24, 2.45) is 10.9 Å². The molecule has 0 amide bonds. The van der Waals surface area contributed by atoms with E-state index < -0.39 is 0 Å². The number of rotatable bonds is 4. The Labute approximate surface area is 150 Å². The fourth-order valence-electron chi connectivity index (χ4n) is 3.00. The van der Waals surface area contributed by atoms with E-state index in [-0.39, 0.29) is 5.92 Å². The first-order chi connectivity index (χ1) is 12.1. The number of allylic oxidation sites excluding steroid dienone is 1. The van der Waals surface area contributed by atoms with Crippen molar-refractivity contribution in [3.8, 4) is 23.2 Å². The van der Waals surface area contributed by atoms with Crippen molar-refractivity contribution in [1.82, 2.24) is 9.55 Å². The molecular formula is C22H25N3. The molecule has 25 heavy (non-hydrogen) atoms. The van der Waals surface area contributed by atoms with Gasteiger partial charge in [-0.2, -0.15) is 0 Å². The Morgan fingerprint density at radius 2 is 2.12 bits per heavy atom. The Hall–Kier alpha value is -2.60. The van der Waals surface area contributed by atoms with E-state index in [1.807, 2.05) is 12.4 Å². The van der Waals surface area contributed by atoms with Crippen molar-refractivity contribution >= 4 is 5.71 Å². The van der Waals surface area contributed by atoms with Crippen molar-refractivity contribution in [2.75, 3.05) is 6.54 Å². The molecule has 3 rings (SSSR count). The van der Waals surface area contributed by atoms with Gasteiger partial charge in [0.2, 0.25) is 0 Å². The maximum atomic E-state index is 4.56. The summed E-state index contributed by atoms with van der Waals surface area (Å²) in [4.78, 5) is 9.10. The van der Waals surface area contributed by atoms with Gasteiger partial charge in [-0.05, 0) is 51.0 Å². The van der Waals surface area contributed by atoms with E-state index >= 15 is 0 Å². The predicted octanol–water partition coefficient (Wildman–Crippen LogP) is 4.66.